The van der Waals surface area contributed by atoms with Gasteiger partial charge in [0.1, 0.15) is 11.7 Å². The number of rotatable bonds is 5. The Kier molecular flexibility index (Phi) is 5.12. The quantitative estimate of drug-likeness (QED) is 0.851. The maximum absolute atomic E-state index is 13.6. The molecule has 5 heteroatoms. The highest BCUT2D eigenvalue weighted by Crippen LogP contribution is 2.26. The monoisotopic (exact) mass is 340 g/mol. The number of amides is 2. The molecule has 0 spiro atoms. The molecule has 1 atom stereocenters. The number of nitrogens with one attached hydrogen (secondary N) is 1. The average Bonchev–Trinajstić information content (AvgIpc) is 3.02. The second-order valence-electron chi connectivity index (χ2n) is 6.16. The summed E-state index contributed by atoms with van der Waals surface area (Å²) in [5, 5.41) is 2.68. The summed E-state index contributed by atoms with van der Waals surface area (Å²) >= 11 is 0. The fourth-order valence-corrected chi connectivity index (χ4v) is 3.04. The molecule has 0 aromatic heterocycles. The van der Waals surface area contributed by atoms with Gasteiger partial charge in [0, 0.05) is 24.3 Å². The highest BCUT2D eigenvalue weighted by atomic mass is 19.1. The molecule has 0 aliphatic carbocycles. The number of benzene rings is 2. The molecule has 25 heavy (non-hydrogen) atoms. The van der Waals surface area contributed by atoms with Gasteiger partial charge in [-0.3, -0.25) is 9.59 Å². The molecular formula is C20H21FN2O2. The maximum atomic E-state index is 13.6. The van der Waals surface area contributed by atoms with Crippen LogP contribution in [0, 0.1) is 11.7 Å². The van der Waals surface area contributed by atoms with Crippen LogP contribution in [0.2, 0.25) is 0 Å². The lowest BCUT2D eigenvalue weighted by molar-refractivity contribution is -0.132. The summed E-state index contributed by atoms with van der Waals surface area (Å²) in [7, 11) is 0. The largest absolute Gasteiger partial charge is 0.351 e. The zero-order valence-corrected chi connectivity index (χ0v) is 14.2. The van der Waals surface area contributed by atoms with Crippen LogP contribution in [0.15, 0.2) is 48.5 Å². The van der Waals surface area contributed by atoms with E-state index < -0.39 is 5.92 Å². The van der Waals surface area contributed by atoms with Gasteiger partial charge in [0.25, 0.3) is 0 Å². The number of hydrogen-bond donors (Lipinski definition) is 1. The second-order valence-corrected chi connectivity index (χ2v) is 6.16. The van der Waals surface area contributed by atoms with Gasteiger partial charge in [-0.25, -0.2) is 4.39 Å². The minimum absolute atomic E-state index is 0.0838. The molecule has 0 radical (unpaired) electrons. The fourth-order valence-electron chi connectivity index (χ4n) is 3.04. The number of carbonyl (C=O) groups is 2. The van der Waals surface area contributed by atoms with E-state index in [4.69, 9.17) is 0 Å². The van der Waals surface area contributed by atoms with Crippen LogP contribution < -0.4 is 10.2 Å². The molecule has 0 saturated carbocycles. The van der Waals surface area contributed by atoms with Crippen LogP contribution >= 0.6 is 0 Å². The third-order valence-corrected chi connectivity index (χ3v) is 4.59. The molecule has 4 nitrogen and oxygen atoms in total. The predicted octanol–water partition coefficient (Wildman–Crippen LogP) is 3.06. The predicted molar refractivity (Wildman–Crippen MR) is 94.5 cm³/mol. The zero-order valence-electron chi connectivity index (χ0n) is 14.2. The summed E-state index contributed by atoms with van der Waals surface area (Å²) in [4.78, 5) is 26.6. The van der Waals surface area contributed by atoms with Gasteiger partial charge in [-0.15, -0.1) is 0 Å². The van der Waals surface area contributed by atoms with Crippen molar-refractivity contribution in [3.63, 3.8) is 0 Å². The summed E-state index contributed by atoms with van der Waals surface area (Å²) in [5.41, 5.74) is 2.43. The second kappa shape index (κ2) is 7.47. The third-order valence-electron chi connectivity index (χ3n) is 4.59. The van der Waals surface area contributed by atoms with Crippen LogP contribution in [0.3, 0.4) is 0 Å². The van der Waals surface area contributed by atoms with Gasteiger partial charge >= 0.3 is 0 Å². The number of nitrogens with zero attached hydrogens (tertiary/aromatic N) is 1. The first-order chi connectivity index (χ1) is 12.1. The van der Waals surface area contributed by atoms with E-state index in [1.54, 1.807) is 23.1 Å². The first-order valence-electron chi connectivity index (χ1n) is 8.51. The molecule has 0 bridgehead atoms. The van der Waals surface area contributed by atoms with Gasteiger partial charge in [-0.2, -0.15) is 0 Å². The maximum Gasteiger partial charge on any atom is 0.239 e. The summed E-state index contributed by atoms with van der Waals surface area (Å²) in [5.74, 6) is -1.62. The number of anilines is 1. The topological polar surface area (TPSA) is 49.4 Å². The average molecular weight is 340 g/mol. The molecule has 2 aromatic rings. The lowest BCUT2D eigenvalue weighted by Crippen LogP contribution is -2.36. The van der Waals surface area contributed by atoms with E-state index >= 15 is 0 Å². The van der Waals surface area contributed by atoms with E-state index in [0.717, 1.165) is 12.1 Å². The molecule has 1 aliphatic heterocycles. The minimum atomic E-state index is -0.711. The Hall–Kier alpha value is -2.69. The highest BCUT2D eigenvalue weighted by Gasteiger charge is 2.37. The summed E-state index contributed by atoms with van der Waals surface area (Å²) < 4.78 is 13.6. The normalized spacial score (nSPS) is 17.0. The van der Waals surface area contributed by atoms with Crippen molar-refractivity contribution in [2.45, 2.75) is 26.3 Å². The summed E-state index contributed by atoms with van der Waals surface area (Å²) in [6, 6.07) is 14.1. The number of hydrogen-bond acceptors (Lipinski definition) is 2. The molecule has 1 N–H and O–H groups in total. The number of aryl methyl sites for hydroxylation is 1. The van der Waals surface area contributed by atoms with Crippen LogP contribution in [-0.4, -0.2) is 18.4 Å². The molecule has 2 amide bonds. The van der Waals surface area contributed by atoms with Crippen molar-refractivity contribution < 1.29 is 14.0 Å². The van der Waals surface area contributed by atoms with Gasteiger partial charge in [0.2, 0.25) is 11.8 Å². The van der Waals surface area contributed by atoms with Crippen LogP contribution in [0.25, 0.3) is 0 Å². The lowest BCUT2D eigenvalue weighted by Gasteiger charge is -2.17. The van der Waals surface area contributed by atoms with E-state index in [1.165, 1.54) is 11.6 Å². The van der Waals surface area contributed by atoms with Gasteiger partial charge in [-0.1, -0.05) is 37.3 Å². The Labute approximate surface area is 146 Å². The molecule has 0 unspecified atom stereocenters. The minimum Gasteiger partial charge on any atom is -0.351 e. The molecular weight excluding hydrogens is 319 g/mol. The van der Waals surface area contributed by atoms with Gasteiger partial charge in [0.05, 0.1) is 0 Å². The van der Waals surface area contributed by atoms with E-state index in [0.29, 0.717) is 18.5 Å². The van der Waals surface area contributed by atoms with Crippen molar-refractivity contribution in [2.75, 3.05) is 11.4 Å². The molecule has 1 saturated heterocycles. The first-order valence-corrected chi connectivity index (χ1v) is 8.51. The van der Waals surface area contributed by atoms with Crippen LogP contribution in [0.4, 0.5) is 10.1 Å². The third kappa shape index (κ3) is 3.71. The van der Waals surface area contributed by atoms with Crippen molar-refractivity contribution in [1.29, 1.82) is 0 Å². The Bertz CT molecular complexity index is 774. The number of halogens is 1. The van der Waals surface area contributed by atoms with E-state index in [-0.39, 0.29) is 24.2 Å². The van der Waals surface area contributed by atoms with E-state index in [9.17, 15) is 14.0 Å². The van der Waals surface area contributed by atoms with Crippen LogP contribution in [0.1, 0.15) is 24.5 Å². The molecule has 3 rings (SSSR count). The Balaban J connectivity index is 1.62. The first kappa shape index (κ1) is 17.1. The Morgan fingerprint density at radius 3 is 2.60 bits per heavy atom. The van der Waals surface area contributed by atoms with Gasteiger partial charge in [-0.05, 0) is 36.6 Å². The summed E-state index contributed by atoms with van der Waals surface area (Å²) in [6.07, 6.45) is 1.41. The van der Waals surface area contributed by atoms with Crippen LogP contribution in [-0.2, 0) is 22.6 Å². The SMILES string of the molecule is CCc1ccc(N2CC[C@H](C(=O)NCc3ccccc3F)C2=O)cc1. The summed E-state index contributed by atoms with van der Waals surface area (Å²) in [6.45, 7) is 2.68. The zero-order chi connectivity index (χ0) is 17.8. The van der Waals surface area contributed by atoms with Crippen molar-refractivity contribution in [1.82, 2.24) is 5.32 Å². The van der Waals surface area contributed by atoms with Crippen LogP contribution in [0.5, 0.6) is 0 Å². The highest BCUT2D eigenvalue weighted by molar-refractivity contribution is 6.09. The van der Waals surface area contributed by atoms with Gasteiger partial charge in [0.15, 0.2) is 0 Å². The molecule has 130 valence electrons. The fraction of sp³-hybridized carbons (Fsp3) is 0.300. The lowest BCUT2D eigenvalue weighted by atomic mass is 10.1. The van der Waals surface area contributed by atoms with Crippen molar-refractivity contribution >= 4 is 17.5 Å². The van der Waals surface area contributed by atoms with Crippen molar-refractivity contribution in [3.05, 3.63) is 65.5 Å². The number of carbonyl (C=O) groups excluding carboxylic acids is 2. The molecule has 1 fully saturated rings. The van der Waals surface area contributed by atoms with Crippen molar-refractivity contribution in [2.24, 2.45) is 5.92 Å². The van der Waals surface area contributed by atoms with Crippen molar-refractivity contribution in [3.8, 4) is 0 Å². The smallest absolute Gasteiger partial charge is 0.239 e. The molecule has 1 aliphatic rings. The molecule has 2 aromatic carbocycles. The van der Waals surface area contributed by atoms with E-state index in [2.05, 4.69) is 12.2 Å². The Morgan fingerprint density at radius 1 is 1.20 bits per heavy atom. The standard InChI is InChI=1S/C20H21FN2O2/c1-2-14-7-9-16(10-8-14)23-12-11-17(20(23)25)19(24)22-13-15-5-3-4-6-18(15)21/h3-10,17H,2,11-13H2,1H3,(H,22,24)/t17-/m1/s1. The van der Waals surface area contributed by atoms with E-state index in [1.807, 2.05) is 24.3 Å². The molecule has 1 heterocycles. The Morgan fingerprint density at radius 2 is 1.92 bits per heavy atom. The van der Waals surface area contributed by atoms with Gasteiger partial charge < -0.3 is 10.2 Å².